The van der Waals surface area contributed by atoms with Gasteiger partial charge in [-0.2, -0.15) is 0 Å². The molecule has 1 amide bonds. The summed E-state index contributed by atoms with van der Waals surface area (Å²) >= 11 is 11.9. The third-order valence-corrected chi connectivity index (χ3v) is 7.87. The van der Waals surface area contributed by atoms with Crippen molar-refractivity contribution in [3.8, 4) is 0 Å². The van der Waals surface area contributed by atoms with E-state index >= 15 is 0 Å². The second-order valence-electron chi connectivity index (χ2n) is 7.46. The second kappa shape index (κ2) is 9.64. The SMILES string of the molecule is C[C@H](NC(=O)C1CCN(S(=O)(=O)Cc2ccc(Cl)c(Cl)c2)CC1)c1ccc(F)cc1. The average Bonchev–Trinajstić information content (AvgIpc) is 2.71. The van der Waals surface area contributed by atoms with Crippen LogP contribution >= 0.6 is 23.2 Å². The Hall–Kier alpha value is -1.67. The van der Waals surface area contributed by atoms with Crippen molar-refractivity contribution in [1.82, 2.24) is 9.62 Å². The number of sulfonamides is 1. The molecule has 1 aliphatic heterocycles. The first kappa shape index (κ1) is 23.0. The lowest BCUT2D eigenvalue weighted by atomic mass is 9.96. The highest BCUT2D eigenvalue weighted by atomic mass is 35.5. The molecule has 1 N–H and O–H groups in total. The van der Waals surface area contributed by atoms with E-state index in [1.54, 1.807) is 30.3 Å². The van der Waals surface area contributed by atoms with Gasteiger partial charge in [-0.3, -0.25) is 4.79 Å². The van der Waals surface area contributed by atoms with Crippen LogP contribution in [-0.2, 0) is 20.6 Å². The number of nitrogens with one attached hydrogen (secondary N) is 1. The fourth-order valence-electron chi connectivity index (χ4n) is 3.49. The second-order valence-corrected chi connectivity index (χ2v) is 10.2. The molecule has 1 fully saturated rings. The molecule has 2 aromatic rings. The molecule has 0 aromatic heterocycles. The molecule has 0 radical (unpaired) electrons. The van der Waals surface area contributed by atoms with Crippen LogP contribution in [0.1, 0.15) is 36.9 Å². The number of amides is 1. The van der Waals surface area contributed by atoms with E-state index in [-0.39, 0.29) is 42.5 Å². The Bertz CT molecular complexity index is 1010. The van der Waals surface area contributed by atoms with Crippen molar-refractivity contribution in [2.45, 2.75) is 31.6 Å². The summed E-state index contributed by atoms with van der Waals surface area (Å²) in [4.78, 5) is 12.6. The van der Waals surface area contributed by atoms with E-state index in [0.717, 1.165) is 5.56 Å². The van der Waals surface area contributed by atoms with Gasteiger partial charge in [0.15, 0.2) is 0 Å². The number of hydrogen-bond donors (Lipinski definition) is 1. The highest BCUT2D eigenvalue weighted by molar-refractivity contribution is 7.88. The standard InChI is InChI=1S/C21H23Cl2FN2O3S/c1-14(16-3-5-18(24)6-4-16)25-21(27)17-8-10-26(11-9-17)30(28,29)13-15-2-7-19(22)20(23)12-15/h2-7,12,14,17H,8-11,13H2,1H3,(H,25,27)/t14-/m0/s1. The van der Waals surface area contributed by atoms with Crippen LogP contribution in [0.2, 0.25) is 10.0 Å². The molecule has 1 saturated heterocycles. The van der Waals surface area contributed by atoms with Gasteiger partial charge in [0.25, 0.3) is 0 Å². The maximum absolute atomic E-state index is 13.1. The van der Waals surface area contributed by atoms with Crippen LogP contribution in [0.4, 0.5) is 4.39 Å². The molecule has 1 atom stereocenters. The van der Waals surface area contributed by atoms with Crippen LogP contribution in [0.5, 0.6) is 0 Å². The highest BCUT2D eigenvalue weighted by Gasteiger charge is 2.31. The van der Waals surface area contributed by atoms with Gasteiger partial charge in [-0.1, -0.05) is 41.4 Å². The van der Waals surface area contributed by atoms with E-state index < -0.39 is 10.0 Å². The average molecular weight is 473 g/mol. The molecule has 2 aromatic carbocycles. The number of nitrogens with zero attached hydrogens (tertiary/aromatic N) is 1. The lowest BCUT2D eigenvalue weighted by Crippen LogP contribution is -2.43. The Kier molecular flexibility index (Phi) is 7.39. The van der Waals surface area contributed by atoms with Gasteiger partial charge in [-0.25, -0.2) is 17.1 Å². The molecule has 0 saturated carbocycles. The molecule has 0 aliphatic carbocycles. The lowest BCUT2D eigenvalue weighted by Gasteiger charge is -2.31. The van der Waals surface area contributed by atoms with Crippen molar-refractivity contribution < 1.29 is 17.6 Å². The highest BCUT2D eigenvalue weighted by Crippen LogP contribution is 2.26. The van der Waals surface area contributed by atoms with Crippen LogP contribution < -0.4 is 5.32 Å². The monoisotopic (exact) mass is 472 g/mol. The molecule has 162 valence electrons. The van der Waals surface area contributed by atoms with Crippen molar-refractivity contribution in [3.63, 3.8) is 0 Å². The van der Waals surface area contributed by atoms with Crippen molar-refractivity contribution in [2.75, 3.05) is 13.1 Å². The van der Waals surface area contributed by atoms with Crippen molar-refractivity contribution in [1.29, 1.82) is 0 Å². The molecule has 1 heterocycles. The summed E-state index contributed by atoms with van der Waals surface area (Å²) in [5.41, 5.74) is 1.38. The summed E-state index contributed by atoms with van der Waals surface area (Å²) < 4.78 is 40.0. The number of carbonyl (C=O) groups excluding carboxylic acids is 1. The van der Waals surface area contributed by atoms with Gasteiger partial charge in [-0.05, 0) is 55.2 Å². The van der Waals surface area contributed by atoms with Crippen LogP contribution in [0.3, 0.4) is 0 Å². The van der Waals surface area contributed by atoms with Gasteiger partial charge in [0.05, 0.1) is 21.8 Å². The number of carbonyl (C=O) groups is 1. The lowest BCUT2D eigenvalue weighted by molar-refractivity contribution is -0.126. The summed E-state index contributed by atoms with van der Waals surface area (Å²) in [5.74, 6) is -0.869. The van der Waals surface area contributed by atoms with Crippen molar-refractivity contribution in [2.24, 2.45) is 5.92 Å². The van der Waals surface area contributed by atoms with Gasteiger partial charge < -0.3 is 5.32 Å². The number of rotatable bonds is 6. The van der Waals surface area contributed by atoms with Gasteiger partial charge in [-0.15, -0.1) is 0 Å². The Morgan fingerprint density at radius 3 is 2.37 bits per heavy atom. The quantitative estimate of drug-likeness (QED) is 0.670. The molecule has 5 nitrogen and oxygen atoms in total. The van der Waals surface area contributed by atoms with E-state index in [1.807, 2.05) is 6.92 Å². The predicted octanol–water partition coefficient (Wildman–Crippen LogP) is 4.55. The summed E-state index contributed by atoms with van der Waals surface area (Å²) in [7, 11) is -3.52. The minimum absolute atomic E-state index is 0.117. The molecule has 1 aliphatic rings. The van der Waals surface area contributed by atoms with Crippen molar-refractivity contribution >= 4 is 39.1 Å². The first-order chi connectivity index (χ1) is 14.2. The van der Waals surface area contributed by atoms with Crippen LogP contribution in [0, 0.1) is 11.7 Å². The fraction of sp³-hybridized carbons (Fsp3) is 0.381. The van der Waals surface area contributed by atoms with E-state index in [2.05, 4.69) is 5.32 Å². The zero-order valence-electron chi connectivity index (χ0n) is 16.4. The van der Waals surface area contributed by atoms with E-state index in [0.29, 0.717) is 28.5 Å². The molecule has 9 heteroatoms. The molecular formula is C21H23Cl2FN2O3S. The molecule has 0 bridgehead atoms. The molecule has 0 unspecified atom stereocenters. The van der Waals surface area contributed by atoms with Gasteiger partial charge >= 0.3 is 0 Å². The fourth-order valence-corrected chi connectivity index (χ4v) is 5.36. The largest absolute Gasteiger partial charge is 0.349 e. The molecule has 30 heavy (non-hydrogen) atoms. The third kappa shape index (κ3) is 5.72. The zero-order valence-corrected chi connectivity index (χ0v) is 18.8. The topological polar surface area (TPSA) is 66.5 Å². The van der Waals surface area contributed by atoms with Crippen molar-refractivity contribution in [3.05, 3.63) is 69.5 Å². The summed E-state index contributed by atoms with van der Waals surface area (Å²) in [6.45, 7) is 2.40. The first-order valence-electron chi connectivity index (χ1n) is 9.63. The predicted molar refractivity (Wildman–Crippen MR) is 116 cm³/mol. The summed E-state index contributed by atoms with van der Waals surface area (Å²) in [6.07, 6.45) is 0.894. The number of piperidine rings is 1. The Labute approximate surface area is 186 Å². The van der Waals surface area contributed by atoms with E-state index in [1.165, 1.54) is 16.4 Å². The third-order valence-electron chi connectivity index (χ3n) is 5.28. The van der Waals surface area contributed by atoms with Crippen LogP contribution in [-0.4, -0.2) is 31.7 Å². The molecular weight excluding hydrogens is 450 g/mol. The first-order valence-corrected chi connectivity index (χ1v) is 12.0. The minimum Gasteiger partial charge on any atom is -0.349 e. The molecule has 0 spiro atoms. The van der Waals surface area contributed by atoms with Crippen LogP contribution in [0.25, 0.3) is 0 Å². The smallest absolute Gasteiger partial charge is 0.223 e. The number of halogens is 3. The van der Waals surface area contributed by atoms with Gasteiger partial charge in [0, 0.05) is 19.0 Å². The van der Waals surface area contributed by atoms with Gasteiger partial charge in [0.1, 0.15) is 5.82 Å². The number of hydrogen-bond acceptors (Lipinski definition) is 3. The Morgan fingerprint density at radius 1 is 1.13 bits per heavy atom. The Balaban J connectivity index is 1.54. The summed E-state index contributed by atoms with van der Waals surface area (Å²) in [6, 6.07) is 10.5. The van der Waals surface area contributed by atoms with E-state index in [4.69, 9.17) is 23.2 Å². The Morgan fingerprint density at radius 2 is 1.77 bits per heavy atom. The number of benzene rings is 2. The minimum atomic E-state index is -3.52. The maximum atomic E-state index is 13.1. The maximum Gasteiger partial charge on any atom is 0.223 e. The van der Waals surface area contributed by atoms with Crippen LogP contribution in [0.15, 0.2) is 42.5 Å². The zero-order chi connectivity index (χ0) is 21.9. The normalized spacial score (nSPS) is 16.9. The summed E-state index contributed by atoms with van der Waals surface area (Å²) in [5, 5.41) is 3.62. The van der Waals surface area contributed by atoms with Gasteiger partial charge in [0.2, 0.25) is 15.9 Å². The molecule has 3 rings (SSSR count). The van der Waals surface area contributed by atoms with E-state index in [9.17, 15) is 17.6 Å².